The number of carboxylic acid groups (broad SMARTS) is 1. The van der Waals surface area contributed by atoms with Crippen molar-refractivity contribution in [2.45, 2.75) is 71.5 Å². The Labute approximate surface area is 237 Å². The SMILES string of the molecule is CCOC(=O)/C=C/CC[C@H](NC(=O)CCC(=O)O)C(=O)Nc1cccn(CC(=O)N[C@H](C(=O)OC)[C@H](C)CC)c1=O. The van der Waals surface area contributed by atoms with E-state index in [-0.39, 0.29) is 37.5 Å². The minimum Gasteiger partial charge on any atom is -0.481 e. The topological polar surface area (TPSA) is 199 Å². The summed E-state index contributed by atoms with van der Waals surface area (Å²) < 4.78 is 10.6. The molecule has 0 aliphatic carbocycles. The van der Waals surface area contributed by atoms with Gasteiger partial charge in [0.1, 0.15) is 24.3 Å². The molecule has 0 saturated carbocycles. The van der Waals surface area contributed by atoms with Crippen molar-refractivity contribution in [3.05, 3.63) is 40.8 Å². The highest BCUT2D eigenvalue weighted by Crippen LogP contribution is 2.10. The fourth-order valence-corrected chi connectivity index (χ4v) is 3.53. The molecule has 41 heavy (non-hydrogen) atoms. The third kappa shape index (κ3) is 12.5. The highest BCUT2D eigenvalue weighted by atomic mass is 16.5. The first kappa shape index (κ1) is 34.5. The summed E-state index contributed by atoms with van der Waals surface area (Å²) in [6.07, 6.45) is 3.94. The molecule has 1 aromatic heterocycles. The molecular formula is C27H38N4O10. The standard InChI is InChI=1S/C27H38N4O10/c1-5-17(3)24(27(39)40-4)30-21(33)16-31-15-9-11-19(26(31)38)29-25(37)18(28-20(32)13-14-22(34)35)10-7-8-12-23(36)41-6-2/h8-9,11-12,15,17-18,24H,5-7,10,13-14,16H2,1-4H3,(H,28,32)(H,29,37)(H,30,33)(H,34,35)/b12-8+/t17-,18+,24+/m1/s1. The Morgan fingerprint density at radius 1 is 1.07 bits per heavy atom. The molecule has 0 unspecified atom stereocenters. The van der Waals surface area contributed by atoms with E-state index < -0.39 is 66.2 Å². The van der Waals surface area contributed by atoms with Gasteiger partial charge in [0.15, 0.2) is 0 Å². The van der Waals surface area contributed by atoms with Gasteiger partial charge in [0, 0.05) is 18.7 Å². The molecule has 0 spiro atoms. The average Bonchev–Trinajstić information content (AvgIpc) is 2.93. The molecule has 0 saturated heterocycles. The minimum absolute atomic E-state index is 0.0223. The van der Waals surface area contributed by atoms with Gasteiger partial charge < -0.3 is 35.1 Å². The second kappa shape index (κ2) is 18.0. The number of rotatable bonds is 17. The monoisotopic (exact) mass is 578 g/mol. The van der Waals surface area contributed by atoms with Crippen LogP contribution in [0.3, 0.4) is 0 Å². The smallest absolute Gasteiger partial charge is 0.330 e. The maximum atomic E-state index is 13.0. The molecule has 3 amide bonds. The summed E-state index contributed by atoms with van der Waals surface area (Å²) in [6, 6.07) is 0.671. The van der Waals surface area contributed by atoms with E-state index in [4.69, 9.17) is 14.6 Å². The van der Waals surface area contributed by atoms with E-state index in [9.17, 15) is 33.6 Å². The third-order valence-corrected chi connectivity index (χ3v) is 5.96. The molecule has 14 heteroatoms. The van der Waals surface area contributed by atoms with Crippen LogP contribution in [0.1, 0.15) is 52.9 Å². The van der Waals surface area contributed by atoms with Crippen LogP contribution in [0.4, 0.5) is 5.69 Å². The van der Waals surface area contributed by atoms with Gasteiger partial charge in [-0.2, -0.15) is 0 Å². The van der Waals surface area contributed by atoms with Crippen molar-refractivity contribution in [2.24, 2.45) is 5.92 Å². The molecule has 3 atom stereocenters. The van der Waals surface area contributed by atoms with Crippen molar-refractivity contribution in [1.82, 2.24) is 15.2 Å². The number of pyridine rings is 1. The number of aliphatic carboxylic acids is 1. The molecule has 0 fully saturated rings. The van der Waals surface area contributed by atoms with Gasteiger partial charge in [0.2, 0.25) is 17.7 Å². The highest BCUT2D eigenvalue weighted by Gasteiger charge is 2.27. The van der Waals surface area contributed by atoms with Crippen LogP contribution in [0, 0.1) is 5.92 Å². The molecule has 1 rings (SSSR count). The molecular weight excluding hydrogens is 540 g/mol. The Balaban J connectivity index is 3.03. The van der Waals surface area contributed by atoms with Crippen LogP contribution < -0.4 is 21.5 Å². The Morgan fingerprint density at radius 2 is 1.78 bits per heavy atom. The van der Waals surface area contributed by atoms with Gasteiger partial charge in [-0.05, 0) is 37.8 Å². The lowest BCUT2D eigenvalue weighted by Gasteiger charge is -2.22. The molecule has 1 heterocycles. The molecule has 4 N–H and O–H groups in total. The molecule has 0 aliphatic rings. The van der Waals surface area contributed by atoms with Crippen LogP contribution >= 0.6 is 0 Å². The van der Waals surface area contributed by atoms with Crippen molar-refractivity contribution < 1.29 is 43.3 Å². The number of amides is 3. The van der Waals surface area contributed by atoms with Gasteiger partial charge in [0.05, 0.1) is 20.1 Å². The van der Waals surface area contributed by atoms with Gasteiger partial charge in [-0.1, -0.05) is 26.3 Å². The second-order valence-electron chi connectivity index (χ2n) is 9.04. The second-order valence-corrected chi connectivity index (χ2v) is 9.04. The number of carbonyl (C=O) groups is 6. The molecule has 0 aromatic carbocycles. The number of carboxylic acids is 1. The summed E-state index contributed by atoms with van der Waals surface area (Å²) in [6.45, 7) is 5.01. The van der Waals surface area contributed by atoms with Crippen LogP contribution in [-0.2, 0) is 44.8 Å². The number of carbonyl (C=O) groups excluding carboxylic acids is 5. The first-order valence-electron chi connectivity index (χ1n) is 13.1. The number of anilines is 1. The lowest BCUT2D eigenvalue weighted by molar-refractivity contribution is -0.146. The van der Waals surface area contributed by atoms with E-state index in [1.54, 1.807) is 13.8 Å². The van der Waals surface area contributed by atoms with E-state index in [2.05, 4.69) is 16.0 Å². The Hall–Kier alpha value is -4.49. The Kier molecular flexibility index (Phi) is 15.1. The quantitative estimate of drug-likeness (QED) is 0.151. The first-order chi connectivity index (χ1) is 19.4. The van der Waals surface area contributed by atoms with Gasteiger partial charge in [0.25, 0.3) is 5.56 Å². The van der Waals surface area contributed by atoms with Crippen molar-refractivity contribution in [3.8, 4) is 0 Å². The van der Waals surface area contributed by atoms with Gasteiger partial charge in [-0.3, -0.25) is 24.0 Å². The zero-order valence-electron chi connectivity index (χ0n) is 23.6. The maximum absolute atomic E-state index is 13.0. The summed E-state index contributed by atoms with van der Waals surface area (Å²) in [7, 11) is 1.21. The van der Waals surface area contributed by atoms with Crippen molar-refractivity contribution in [1.29, 1.82) is 0 Å². The van der Waals surface area contributed by atoms with Crippen LogP contribution in [0.5, 0.6) is 0 Å². The summed E-state index contributed by atoms with van der Waals surface area (Å²) in [5, 5.41) is 16.3. The largest absolute Gasteiger partial charge is 0.481 e. The number of aromatic nitrogens is 1. The number of hydrogen-bond donors (Lipinski definition) is 4. The number of allylic oxidation sites excluding steroid dienone is 1. The number of esters is 2. The zero-order valence-corrected chi connectivity index (χ0v) is 23.6. The van der Waals surface area contributed by atoms with E-state index >= 15 is 0 Å². The molecule has 0 radical (unpaired) electrons. The van der Waals surface area contributed by atoms with Crippen LogP contribution in [-0.4, -0.2) is 71.1 Å². The number of nitrogens with one attached hydrogen (secondary N) is 3. The molecule has 0 bridgehead atoms. The number of ether oxygens (including phenoxy) is 2. The van der Waals surface area contributed by atoms with Crippen molar-refractivity contribution in [2.75, 3.05) is 19.0 Å². The lowest BCUT2D eigenvalue weighted by Crippen LogP contribution is -2.47. The predicted octanol–water partition coefficient (Wildman–Crippen LogP) is 0.740. The molecule has 0 aliphatic heterocycles. The van der Waals surface area contributed by atoms with E-state index in [1.165, 1.54) is 37.6 Å². The van der Waals surface area contributed by atoms with Crippen LogP contribution in [0.2, 0.25) is 0 Å². The third-order valence-electron chi connectivity index (χ3n) is 5.96. The zero-order chi connectivity index (χ0) is 30.9. The van der Waals surface area contributed by atoms with Gasteiger partial charge in [-0.15, -0.1) is 0 Å². The van der Waals surface area contributed by atoms with Crippen molar-refractivity contribution in [3.63, 3.8) is 0 Å². The minimum atomic E-state index is -1.19. The fourth-order valence-electron chi connectivity index (χ4n) is 3.53. The van der Waals surface area contributed by atoms with E-state index in [1.807, 2.05) is 6.92 Å². The fraction of sp³-hybridized carbons (Fsp3) is 0.519. The lowest BCUT2D eigenvalue weighted by atomic mass is 9.99. The summed E-state index contributed by atoms with van der Waals surface area (Å²) in [4.78, 5) is 85.2. The van der Waals surface area contributed by atoms with Crippen LogP contribution in [0.25, 0.3) is 0 Å². The number of nitrogens with zero attached hydrogens (tertiary/aromatic N) is 1. The van der Waals surface area contributed by atoms with Gasteiger partial charge >= 0.3 is 17.9 Å². The normalized spacial score (nSPS) is 13.0. The average molecular weight is 579 g/mol. The summed E-state index contributed by atoms with van der Waals surface area (Å²) >= 11 is 0. The highest BCUT2D eigenvalue weighted by molar-refractivity contribution is 5.97. The maximum Gasteiger partial charge on any atom is 0.330 e. The Morgan fingerprint density at radius 3 is 2.39 bits per heavy atom. The molecule has 14 nitrogen and oxygen atoms in total. The summed E-state index contributed by atoms with van der Waals surface area (Å²) in [5.74, 6) is -4.67. The Bertz CT molecular complexity index is 1180. The predicted molar refractivity (Wildman–Crippen MR) is 147 cm³/mol. The number of methoxy groups -OCH3 is 1. The van der Waals surface area contributed by atoms with E-state index in [0.29, 0.717) is 6.42 Å². The first-order valence-corrected chi connectivity index (χ1v) is 13.1. The number of hydrogen-bond acceptors (Lipinski definition) is 9. The van der Waals surface area contributed by atoms with Gasteiger partial charge in [-0.25, -0.2) is 9.59 Å². The van der Waals surface area contributed by atoms with E-state index in [0.717, 1.165) is 4.57 Å². The molecule has 226 valence electrons. The summed E-state index contributed by atoms with van der Waals surface area (Å²) in [5.41, 5.74) is -0.893. The van der Waals surface area contributed by atoms with Crippen molar-refractivity contribution >= 4 is 41.3 Å². The van der Waals surface area contributed by atoms with Crippen LogP contribution in [0.15, 0.2) is 35.3 Å². The molecule has 1 aromatic rings.